The first-order valence-electron chi connectivity index (χ1n) is 18.6. The highest BCUT2D eigenvalue weighted by Gasteiger charge is 2.19. The second-order valence-electron chi connectivity index (χ2n) is 14.6. The monoisotopic (exact) mass is 718 g/mol. The van der Waals surface area contributed by atoms with Gasteiger partial charge in [-0.2, -0.15) is 0 Å². The van der Waals surface area contributed by atoms with Gasteiger partial charge >= 0.3 is 0 Å². The maximum Gasteiger partial charge on any atom is 0.136 e. The molecule has 0 N–H and O–H groups in total. The highest BCUT2D eigenvalue weighted by Crippen LogP contribution is 2.43. The predicted molar refractivity (Wildman–Crippen MR) is 235 cm³/mol. The maximum absolute atomic E-state index is 6.55. The van der Waals surface area contributed by atoms with Gasteiger partial charge in [-0.3, -0.25) is 0 Å². The second kappa shape index (κ2) is 13.6. The smallest absolute Gasteiger partial charge is 0.136 e. The van der Waals surface area contributed by atoms with Crippen LogP contribution in [0.2, 0.25) is 26.2 Å². The van der Waals surface area contributed by atoms with Crippen LogP contribution in [0.15, 0.2) is 174 Å². The minimum absolute atomic E-state index is 0.890. The minimum Gasteiger partial charge on any atom is -0.456 e. The molecule has 0 radical (unpaired) electrons. The molecule has 0 atom stereocenters. The molecule has 8 aromatic carbocycles. The van der Waals surface area contributed by atoms with E-state index in [1.165, 1.54) is 31.9 Å². The molecule has 0 aliphatic rings. The van der Waals surface area contributed by atoms with Crippen LogP contribution in [0.5, 0.6) is 0 Å². The average molecular weight is 719 g/mol. The second-order valence-corrected chi connectivity index (χ2v) is 20.6. The first-order chi connectivity index (χ1) is 25.9. The Hall–Kier alpha value is -5.89. The van der Waals surface area contributed by atoms with Crippen molar-refractivity contribution in [2.75, 3.05) is 9.80 Å². The molecule has 0 bridgehead atoms. The summed E-state index contributed by atoms with van der Waals surface area (Å²) in [6, 6.07) is 62.0. The van der Waals surface area contributed by atoms with Crippen LogP contribution >= 0.6 is 0 Å². The van der Waals surface area contributed by atoms with E-state index in [1.54, 1.807) is 0 Å². The molecule has 5 heteroatoms. The maximum atomic E-state index is 6.55. The molecule has 0 aliphatic carbocycles. The van der Waals surface area contributed by atoms with Crippen LogP contribution in [0.25, 0.3) is 43.5 Å². The molecule has 9 rings (SSSR count). The lowest BCUT2D eigenvalue weighted by Gasteiger charge is -2.26. The average Bonchev–Trinajstić information content (AvgIpc) is 3.59. The molecule has 0 aliphatic heterocycles. The van der Waals surface area contributed by atoms with E-state index in [2.05, 4.69) is 206 Å². The lowest BCUT2D eigenvalue weighted by Crippen LogP contribution is -2.22. The fourth-order valence-electron chi connectivity index (χ4n) is 7.74. The molecule has 3 nitrogen and oxygen atoms in total. The number of furan rings is 1. The lowest BCUT2D eigenvalue weighted by atomic mass is 9.98. The summed E-state index contributed by atoms with van der Waals surface area (Å²) in [6.07, 6.45) is 0. The number of nitrogens with zero attached hydrogens (tertiary/aromatic N) is 2. The number of rotatable bonds is 8. The molecule has 9 aromatic rings. The first-order valence-corrected chi connectivity index (χ1v) is 24.4. The zero-order valence-electron chi connectivity index (χ0n) is 30.6. The Kier molecular flexibility index (Phi) is 8.46. The van der Waals surface area contributed by atoms with Crippen molar-refractivity contribution in [1.29, 1.82) is 0 Å². The van der Waals surface area contributed by atoms with E-state index in [0.29, 0.717) is 0 Å². The summed E-state index contributed by atoms with van der Waals surface area (Å²) in [7, 11) is -1.78. The number of para-hydroxylation sites is 2. The molecule has 258 valence electrons. The Morgan fingerprint density at radius 2 is 0.717 bits per heavy atom. The molecular weight excluding hydrogens is 677 g/mol. The van der Waals surface area contributed by atoms with E-state index in [1.807, 2.05) is 0 Å². The SMILES string of the molecule is C[SiH](C)c1ccc(N(c2ccccc2)c2ccc3c(ccc4oc5ccc6cc(N(c7ccccc7)c7ccc([SiH](C)C)cc7)ccc6c5c43)c2)cc1. The Morgan fingerprint density at radius 1 is 0.358 bits per heavy atom. The third-order valence-corrected chi connectivity index (χ3v) is 14.0. The minimum atomic E-state index is -0.890. The predicted octanol–water partition coefficient (Wildman–Crippen LogP) is 12.2. The van der Waals surface area contributed by atoms with Crippen LogP contribution in [0.3, 0.4) is 0 Å². The summed E-state index contributed by atoms with van der Waals surface area (Å²) in [6.45, 7) is 9.51. The summed E-state index contributed by atoms with van der Waals surface area (Å²) in [4.78, 5) is 4.72. The summed E-state index contributed by atoms with van der Waals surface area (Å²) in [5.41, 5.74) is 8.67. The van der Waals surface area contributed by atoms with Crippen molar-refractivity contribution in [3.05, 3.63) is 170 Å². The van der Waals surface area contributed by atoms with Gasteiger partial charge in [0, 0.05) is 44.9 Å². The summed E-state index contributed by atoms with van der Waals surface area (Å²) in [5, 5.41) is 10.0. The van der Waals surface area contributed by atoms with E-state index >= 15 is 0 Å². The van der Waals surface area contributed by atoms with Crippen molar-refractivity contribution in [2.45, 2.75) is 26.2 Å². The fraction of sp³-hybridized carbons (Fsp3) is 0.0833. The zero-order chi connectivity index (χ0) is 36.1. The number of anilines is 6. The van der Waals surface area contributed by atoms with Crippen molar-refractivity contribution in [3.8, 4) is 0 Å². The lowest BCUT2D eigenvalue weighted by molar-refractivity contribution is 0.669. The van der Waals surface area contributed by atoms with Gasteiger partial charge in [-0.05, 0) is 106 Å². The van der Waals surface area contributed by atoms with Crippen LogP contribution in [0.1, 0.15) is 0 Å². The van der Waals surface area contributed by atoms with Gasteiger partial charge in [0.25, 0.3) is 0 Å². The zero-order valence-corrected chi connectivity index (χ0v) is 32.9. The molecule has 53 heavy (non-hydrogen) atoms. The fourth-order valence-corrected chi connectivity index (χ4v) is 9.67. The standard InChI is InChI=1S/C48H42N2OSi2/c1-52(2)41-23-17-37(18-24-41)49(35-11-7-5-8-12-35)39-21-27-43-33(31-39)15-29-45-47(43)48-44-28-22-40(32-34(44)16-30-46(48)51-45)50(36-13-9-6-10-14-36)38-19-25-42(26-20-38)53(3)4/h5-32,52-53H,1-4H3. The van der Waals surface area contributed by atoms with E-state index in [-0.39, 0.29) is 0 Å². The van der Waals surface area contributed by atoms with Gasteiger partial charge < -0.3 is 14.2 Å². The number of hydrogen-bond donors (Lipinski definition) is 0. The van der Waals surface area contributed by atoms with E-state index in [4.69, 9.17) is 4.42 Å². The van der Waals surface area contributed by atoms with Crippen molar-refractivity contribution >= 4 is 106 Å². The quantitative estimate of drug-likeness (QED) is 0.146. The highest BCUT2D eigenvalue weighted by atomic mass is 28.3. The number of benzene rings is 8. The van der Waals surface area contributed by atoms with Gasteiger partial charge in [0.15, 0.2) is 0 Å². The molecule has 0 saturated carbocycles. The van der Waals surface area contributed by atoms with E-state index < -0.39 is 17.6 Å². The van der Waals surface area contributed by atoms with E-state index in [9.17, 15) is 0 Å². The van der Waals surface area contributed by atoms with Gasteiger partial charge in [-0.25, -0.2) is 0 Å². The van der Waals surface area contributed by atoms with Crippen LogP contribution in [-0.4, -0.2) is 17.6 Å². The van der Waals surface area contributed by atoms with Crippen molar-refractivity contribution < 1.29 is 4.42 Å². The molecule has 1 heterocycles. The van der Waals surface area contributed by atoms with Gasteiger partial charge in [0.2, 0.25) is 0 Å². The third kappa shape index (κ3) is 6.02. The van der Waals surface area contributed by atoms with Gasteiger partial charge in [-0.1, -0.05) is 121 Å². The molecule has 0 unspecified atom stereocenters. The Labute approximate surface area is 314 Å². The van der Waals surface area contributed by atoms with E-state index in [0.717, 1.165) is 56.1 Å². The summed E-state index contributed by atoms with van der Waals surface area (Å²) >= 11 is 0. The third-order valence-electron chi connectivity index (χ3n) is 10.6. The Bertz CT molecular complexity index is 2530. The highest BCUT2D eigenvalue weighted by molar-refractivity contribution is 6.71. The van der Waals surface area contributed by atoms with Crippen LogP contribution in [0, 0.1) is 0 Å². The first kappa shape index (κ1) is 33.0. The normalized spacial score (nSPS) is 11.7. The molecule has 0 saturated heterocycles. The molecular formula is C48H42N2OSi2. The molecule has 0 fully saturated rings. The van der Waals surface area contributed by atoms with Crippen molar-refractivity contribution in [3.63, 3.8) is 0 Å². The van der Waals surface area contributed by atoms with Crippen LogP contribution < -0.4 is 20.2 Å². The van der Waals surface area contributed by atoms with Crippen LogP contribution in [-0.2, 0) is 0 Å². The Morgan fingerprint density at radius 3 is 1.09 bits per heavy atom. The summed E-state index contributed by atoms with van der Waals surface area (Å²) in [5.74, 6) is 0. The van der Waals surface area contributed by atoms with Gasteiger partial charge in [-0.15, -0.1) is 0 Å². The number of fused-ring (bicyclic) bond motifs is 7. The van der Waals surface area contributed by atoms with Gasteiger partial charge in [0.05, 0.1) is 17.6 Å². The van der Waals surface area contributed by atoms with Crippen molar-refractivity contribution in [1.82, 2.24) is 0 Å². The molecule has 1 aromatic heterocycles. The molecule has 0 spiro atoms. The topological polar surface area (TPSA) is 19.6 Å². The van der Waals surface area contributed by atoms with Crippen molar-refractivity contribution in [2.24, 2.45) is 0 Å². The Balaban J connectivity index is 1.18. The summed E-state index contributed by atoms with van der Waals surface area (Å²) < 4.78 is 6.55. The largest absolute Gasteiger partial charge is 0.456 e. The van der Waals surface area contributed by atoms with Gasteiger partial charge in [0.1, 0.15) is 11.2 Å². The number of hydrogen-bond acceptors (Lipinski definition) is 3. The van der Waals surface area contributed by atoms with Crippen LogP contribution in [0.4, 0.5) is 34.1 Å². The molecule has 0 amide bonds.